The molecular formula is C12H14BrClN4. The van der Waals surface area contributed by atoms with E-state index in [1.807, 2.05) is 17.8 Å². The zero-order valence-electron chi connectivity index (χ0n) is 10.2. The Bertz CT molecular complexity index is 541. The van der Waals surface area contributed by atoms with Crippen LogP contribution >= 0.6 is 27.5 Å². The first-order valence-corrected chi connectivity index (χ1v) is 6.84. The van der Waals surface area contributed by atoms with E-state index in [2.05, 4.69) is 38.3 Å². The van der Waals surface area contributed by atoms with Crippen LogP contribution in [0.3, 0.4) is 0 Å². The van der Waals surface area contributed by atoms with Crippen molar-refractivity contribution >= 4 is 27.5 Å². The van der Waals surface area contributed by atoms with E-state index >= 15 is 0 Å². The number of hydrogen-bond donors (Lipinski definition) is 1. The summed E-state index contributed by atoms with van der Waals surface area (Å²) in [7, 11) is 1.90. The summed E-state index contributed by atoms with van der Waals surface area (Å²) in [5.41, 5.74) is 2.05. The number of pyridine rings is 1. The zero-order chi connectivity index (χ0) is 13.1. The molecule has 2 rings (SSSR count). The second-order valence-electron chi connectivity index (χ2n) is 3.81. The largest absolute Gasteiger partial charge is 0.308 e. The van der Waals surface area contributed by atoms with Crippen molar-refractivity contribution in [3.05, 3.63) is 45.4 Å². The van der Waals surface area contributed by atoms with Gasteiger partial charge in [-0.2, -0.15) is 5.10 Å². The fraction of sp³-hybridized carbons (Fsp3) is 0.333. The molecule has 0 radical (unpaired) electrons. The number of aryl methyl sites for hydroxylation is 1. The van der Waals surface area contributed by atoms with Crippen LogP contribution in [-0.2, 0) is 6.54 Å². The first-order chi connectivity index (χ1) is 8.69. The van der Waals surface area contributed by atoms with E-state index in [4.69, 9.17) is 11.6 Å². The van der Waals surface area contributed by atoms with Crippen molar-refractivity contribution in [2.24, 2.45) is 0 Å². The lowest BCUT2D eigenvalue weighted by Gasteiger charge is -2.19. The van der Waals surface area contributed by atoms with E-state index in [0.717, 1.165) is 22.3 Å². The second kappa shape index (κ2) is 5.82. The Hall–Kier alpha value is -0.910. The van der Waals surface area contributed by atoms with Crippen LogP contribution in [0.2, 0.25) is 5.02 Å². The van der Waals surface area contributed by atoms with Gasteiger partial charge in [0.1, 0.15) is 0 Å². The normalized spacial score (nSPS) is 12.7. The summed E-state index contributed by atoms with van der Waals surface area (Å²) in [5, 5.41) is 8.25. The zero-order valence-corrected chi connectivity index (χ0v) is 12.5. The maximum absolute atomic E-state index is 6.22. The lowest BCUT2D eigenvalue weighted by Crippen LogP contribution is -2.22. The Morgan fingerprint density at radius 2 is 2.28 bits per heavy atom. The molecule has 2 heterocycles. The molecule has 18 heavy (non-hydrogen) atoms. The van der Waals surface area contributed by atoms with Crippen LogP contribution < -0.4 is 5.32 Å². The highest BCUT2D eigenvalue weighted by atomic mass is 79.9. The third kappa shape index (κ3) is 2.43. The summed E-state index contributed by atoms with van der Waals surface area (Å²) >= 11 is 9.75. The highest BCUT2D eigenvalue weighted by Crippen LogP contribution is 2.31. The minimum Gasteiger partial charge on any atom is -0.308 e. The Balaban J connectivity index is 2.52. The number of rotatable bonds is 4. The molecule has 0 spiro atoms. The van der Waals surface area contributed by atoms with Gasteiger partial charge in [-0.15, -0.1) is 0 Å². The molecule has 6 heteroatoms. The van der Waals surface area contributed by atoms with Gasteiger partial charge in [0.25, 0.3) is 0 Å². The van der Waals surface area contributed by atoms with Gasteiger partial charge in [0.05, 0.1) is 27.4 Å². The van der Waals surface area contributed by atoms with Crippen molar-refractivity contribution in [2.45, 2.75) is 19.5 Å². The van der Waals surface area contributed by atoms with Gasteiger partial charge in [0, 0.05) is 18.9 Å². The van der Waals surface area contributed by atoms with Crippen molar-refractivity contribution in [2.75, 3.05) is 7.05 Å². The van der Waals surface area contributed by atoms with E-state index in [-0.39, 0.29) is 6.04 Å². The molecule has 96 valence electrons. The number of nitrogens with zero attached hydrogens (tertiary/aromatic N) is 3. The van der Waals surface area contributed by atoms with Gasteiger partial charge in [-0.1, -0.05) is 11.6 Å². The highest BCUT2D eigenvalue weighted by molar-refractivity contribution is 9.10. The summed E-state index contributed by atoms with van der Waals surface area (Å²) in [4.78, 5) is 4.01. The lowest BCUT2D eigenvalue weighted by atomic mass is 10.1. The molecule has 4 nitrogen and oxygen atoms in total. The maximum atomic E-state index is 6.22. The van der Waals surface area contributed by atoms with Crippen LogP contribution in [0.5, 0.6) is 0 Å². The van der Waals surface area contributed by atoms with Gasteiger partial charge in [-0.3, -0.25) is 9.67 Å². The number of hydrogen-bond acceptors (Lipinski definition) is 3. The van der Waals surface area contributed by atoms with Crippen molar-refractivity contribution in [1.82, 2.24) is 20.1 Å². The summed E-state index contributed by atoms with van der Waals surface area (Å²) < 4.78 is 2.92. The monoisotopic (exact) mass is 328 g/mol. The van der Waals surface area contributed by atoms with Gasteiger partial charge in [-0.25, -0.2) is 0 Å². The molecule has 1 unspecified atom stereocenters. The third-order valence-corrected chi connectivity index (χ3v) is 3.74. The summed E-state index contributed by atoms with van der Waals surface area (Å²) in [6, 6.07) is 1.90. The van der Waals surface area contributed by atoms with Crippen LogP contribution in [0.25, 0.3) is 0 Å². The maximum Gasteiger partial charge on any atom is 0.0773 e. The fourth-order valence-electron chi connectivity index (χ4n) is 1.97. The molecule has 0 aromatic carbocycles. The SMILES string of the molecule is CCn1ncc(Br)c1C(NC)c1ccncc1Cl. The first kappa shape index (κ1) is 13.5. The molecule has 1 N–H and O–H groups in total. The molecule has 0 fully saturated rings. The fourth-order valence-corrected chi connectivity index (χ4v) is 2.72. The minimum atomic E-state index is -0.0164. The van der Waals surface area contributed by atoms with Crippen LogP contribution in [0, 0.1) is 0 Å². The molecule has 0 bridgehead atoms. The summed E-state index contributed by atoms with van der Waals surface area (Å²) in [6.07, 6.45) is 5.20. The van der Waals surface area contributed by atoms with E-state index < -0.39 is 0 Å². The van der Waals surface area contributed by atoms with E-state index in [1.165, 1.54) is 0 Å². The molecule has 0 aliphatic carbocycles. The Morgan fingerprint density at radius 3 is 2.89 bits per heavy atom. The smallest absolute Gasteiger partial charge is 0.0773 e. The minimum absolute atomic E-state index is 0.0164. The Labute approximate surface area is 119 Å². The lowest BCUT2D eigenvalue weighted by molar-refractivity contribution is 0.561. The number of halogens is 2. The summed E-state index contributed by atoms with van der Waals surface area (Å²) in [6.45, 7) is 2.87. The predicted octanol–water partition coefficient (Wildman–Crippen LogP) is 3.02. The molecule has 2 aromatic rings. The van der Waals surface area contributed by atoms with Gasteiger partial charge < -0.3 is 5.32 Å². The quantitative estimate of drug-likeness (QED) is 0.937. The van der Waals surface area contributed by atoms with Crippen molar-refractivity contribution in [1.29, 1.82) is 0 Å². The van der Waals surface area contributed by atoms with Gasteiger partial charge in [0.15, 0.2) is 0 Å². The number of aromatic nitrogens is 3. The van der Waals surface area contributed by atoms with Gasteiger partial charge in [-0.05, 0) is 41.5 Å². The number of nitrogens with one attached hydrogen (secondary N) is 1. The highest BCUT2D eigenvalue weighted by Gasteiger charge is 2.21. The molecular weight excluding hydrogens is 316 g/mol. The molecule has 0 saturated heterocycles. The summed E-state index contributed by atoms with van der Waals surface area (Å²) in [5.74, 6) is 0. The molecule has 1 atom stereocenters. The van der Waals surface area contributed by atoms with Crippen molar-refractivity contribution < 1.29 is 0 Å². The molecule has 0 amide bonds. The van der Waals surface area contributed by atoms with Crippen molar-refractivity contribution in [3.8, 4) is 0 Å². The van der Waals surface area contributed by atoms with E-state index in [0.29, 0.717) is 5.02 Å². The predicted molar refractivity (Wildman–Crippen MR) is 75.8 cm³/mol. The Kier molecular flexibility index (Phi) is 4.37. The van der Waals surface area contributed by atoms with Gasteiger partial charge >= 0.3 is 0 Å². The van der Waals surface area contributed by atoms with E-state index in [9.17, 15) is 0 Å². The van der Waals surface area contributed by atoms with Crippen LogP contribution in [-0.4, -0.2) is 21.8 Å². The third-order valence-electron chi connectivity index (χ3n) is 2.81. The molecule has 2 aromatic heterocycles. The van der Waals surface area contributed by atoms with Crippen molar-refractivity contribution in [3.63, 3.8) is 0 Å². The molecule has 0 aliphatic heterocycles. The van der Waals surface area contributed by atoms with Crippen LogP contribution in [0.1, 0.15) is 24.2 Å². The molecule has 0 aliphatic rings. The topological polar surface area (TPSA) is 42.7 Å². The average molecular weight is 330 g/mol. The van der Waals surface area contributed by atoms with Crippen LogP contribution in [0.4, 0.5) is 0 Å². The van der Waals surface area contributed by atoms with E-state index in [1.54, 1.807) is 18.6 Å². The average Bonchev–Trinajstić information content (AvgIpc) is 2.74. The standard InChI is InChI=1S/C12H14BrClN4/c1-3-18-12(9(13)6-17-18)11(15-2)8-4-5-16-7-10(8)14/h4-7,11,15H,3H2,1-2H3. The van der Waals surface area contributed by atoms with Crippen LogP contribution in [0.15, 0.2) is 29.1 Å². The first-order valence-electron chi connectivity index (χ1n) is 5.66. The second-order valence-corrected chi connectivity index (χ2v) is 5.07. The van der Waals surface area contributed by atoms with Gasteiger partial charge in [0.2, 0.25) is 0 Å². The Morgan fingerprint density at radius 1 is 1.50 bits per heavy atom. The molecule has 0 saturated carbocycles.